The smallest absolute Gasteiger partial charge is 0.225 e. The van der Waals surface area contributed by atoms with Crippen molar-refractivity contribution in [1.82, 2.24) is 30.1 Å². The Hall–Kier alpha value is -3.02. The minimum absolute atomic E-state index is 0.104. The van der Waals surface area contributed by atoms with Gasteiger partial charge in [0.1, 0.15) is 0 Å². The predicted molar refractivity (Wildman–Crippen MR) is 167 cm³/mol. The van der Waals surface area contributed by atoms with Crippen LogP contribution in [0.2, 0.25) is 10.0 Å². The highest BCUT2D eigenvalue weighted by atomic mass is 35.5. The zero-order valence-corrected chi connectivity index (χ0v) is 25.8. The van der Waals surface area contributed by atoms with Crippen molar-refractivity contribution in [2.45, 2.75) is 44.4 Å². The molecule has 0 radical (unpaired) electrons. The molecule has 0 saturated carbocycles. The third kappa shape index (κ3) is 7.56. The molecule has 43 heavy (non-hydrogen) atoms. The van der Waals surface area contributed by atoms with Gasteiger partial charge in [0.25, 0.3) is 0 Å². The number of rotatable bonds is 8. The van der Waals surface area contributed by atoms with Gasteiger partial charge in [0.15, 0.2) is 5.75 Å². The van der Waals surface area contributed by atoms with Gasteiger partial charge >= 0.3 is 0 Å². The Balaban J connectivity index is 1.17. The molecule has 0 bridgehead atoms. The van der Waals surface area contributed by atoms with Crippen molar-refractivity contribution in [3.05, 3.63) is 58.3 Å². The lowest BCUT2D eigenvalue weighted by molar-refractivity contribution is -0.121. The van der Waals surface area contributed by atoms with Gasteiger partial charge in [0.2, 0.25) is 17.7 Å². The molecule has 2 N–H and O–H groups in total. The number of amides is 1. The molecule has 0 aliphatic carbocycles. The van der Waals surface area contributed by atoms with Crippen molar-refractivity contribution in [3.8, 4) is 22.9 Å². The van der Waals surface area contributed by atoms with Crippen LogP contribution in [0.25, 0.3) is 11.3 Å². The molecular weight excluding hydrogens is 589 g/mol. The summed E-state index contributed by atoms with van der Waals surface area (Å²) in [6.07, 6.45) is 6.45. The predicted octanol–water partition coefficient (Wildman–Crippen LogP) is 4.24. The summed E-state index contributed by atoms with van der Waals surface area (Å²) in [5.74, 6) is 2.10. The zero-order chi connectivity index (χ0) is 29.9. The van der Waals surface area contributed by atoms with Crippen molar-refractivity contribution >= 4 is 35.1 Å². The normalized spacial score (nSPS) is 21.5. The lowest BCUT2D eigenvalue weighted by Crippen LogP contribution is -2.50. The van der Waals surface area contributed by atoms with E-state index in [1.54, 1.807) is 25.5 Å². The summed E-state index contributed by atoms with van der Waals surface area (Å²) in [5.41, 5.74) is 2.56. The third-order valence-corrected chi connectivity index (χ3v) is 9.04. The minimum Gasteiger partial charge on any atom is -0.436 e. The minimum atomic E-state index is -0.251. The first-order chi connectivity index (χ1) is 20.8. The molecule has 5 heterocycles. The number of pyridine rings is 1. The summed E-state index contributed by atoms with van der Waals surface area (Å²) < 4.78 is 6.20. The molecule has 228 valence electrons. The number of likely N-dealkylation sites (tertiary alicyclic amines) is 1. The van der Waals surface area contributed by atoms with Crippen LogP contribution in [0.4, 0.5) is 5.95 Å². The molecule has 3 fully saturated rings. The number of ether oxygens (including phenoxy) is 1. The number of nitrogens with one attached hydrogen (secondary N) is 1. The van der Waals surface area contributed by atoms with E-state index in [1.807, 2.05) is 24.3 Å². The van der Waals surface area contributed by atoms with Crippen LogP contribution >= 0.6 is 23.2 Å². The van der Waals surface area contributed by atoms with Crippen LogP contribution in [-0.4, -0.2) is 94.2 Å². The Morgan fingerprint density at radius 1 is 1.02 bits per heavy atom. The number of piperidine rings is 1. The number of aliphatic hydroxyl groups is 1. The molecule has 3 aliphatic heterocycles. The van der Waals surface area contributed by atoms with Crippen molar-refractivity contribution < 1.29 is 14.6 Å². The van der Waals surface area contributed by atoms with E-state index >= 15 is 0 Å². The number of aromatic nitrogens is 3. The van der Waals surface area contributed by atoms with Gasteiger partial charge in [0, 0.05) is 73.9 Å². The molecule has 10 nitrogen and oxygen atoms in total. The number of halogens is 2. The van der Waals surface area contributed by atoms with Crippen LogP contribution < -0.4 is 15.0 Å². The highest BCUT2D eigenvalue weighted by molar-refractivity contribution is 6.35. The number of carbonyl (C=O) groups excluding carboxylic acids is 1. The van der Waals surface area contributed by atoms with Crippen molar-refractivity contribution in [1.29, 1.82) is 0 Å². The molecule has 3 aliphatic rings. The summed E-state index contributed by atoms with van der Waals surface area (Å²) in [5, 5.41) is 13.8. The second-order valence-corrected chi connectivity index (χ2v) is 12.6. The lowest BCUT2D eigenvalue weighted by Gasteiger charge is -2.37. The zero-order valence-electron chi connectivity index (χ0n) is 24.3. The van der Waals surface area contributed by atoms with Crippen LogP contribution in [0, 0.1) is 5.92 Å². The molecule has 0 spiro atoms. The molecule has 2 atom stereocenters. The molecular formula is C31H37Cl2N7O3. The standard InChI is InChI=1S/C31H37Cl2N7O3/c1-34-29(42)9-20-2-4-38(5-3-20)17-21-8-28(22-11-23(32)13-24(33)12-22)37-30(10-21)43-27-15-35-31(36-16-27)40-7-6-39-19-26(41)14-25(39)18-40/h8,10-13,15-16,20,25-26,41H,2-7,9,14,17-19H2,1H3,(H,34,42). The van der Waals surface area contributed by atoms with Crippen LogP contribution in [-0.2, 0) is 11.3 Å². The fraction of sp³-hybridized carbons (Fsp3) is 0.484. The van der Waals surface area contributed by atoms with Gasteiger partial charge in [-0.25, -0.2) is 15.0 Å². The number of anilines is 1. The SMILES string of the molecule is CNC(=O)CC1CCN(Cc2cc(Oc3cnc(N4CCN5CC(O)CC5C4)nc3)nc(-c3cc(Cl)cc(Cl)c3)c2)CC1. The number of fused-ring (bicyclic) bond motifs is 1. The van der Waals surface area contributed by atoms with Crippen LogP contribution in [0.15, 0.2) is 42.7 Å². The van der Waals surface area contributed by atoms with Crippen molar-refractivity contribution in [3.63, 3.8) is 0 Å². The Morgan fingerprint density at radius 3 is 2.49 bits per heavy atom. The lowest BCUT2D eigenvalue weighted by atomic mass is 9.93. The second-order valence-electron chi connectivity index (χ2n) is 11.8. The average Bonchev–Trinajstić information content (AvgIpc) is 3.37. The van der Waals surface area contributed by atoms with E-state index in [9.17, 15) is 9.90 Å². The Kier molecular flexibility index (Phi) is 9.30. The van der Waals surface area contributed by atoms with E-state index in [-0.39, 0.29) is 12.0 Å². The molecule has 12 heteroatoms. The van der Waals surface area contributed by atoms with E-state index in [0.717, 1.165) is 76.2 Å². The summed E-state index contributed by atoms with van der Waals surface area (Å²) in [4.78, 5) is 32.7. The van der Waals surface area contributed by atoms with Crippen molar-refractivity contribution in [2.24, 2.45) is 5.92 Å². The number of hydrogen-bond donors (Lipinski definition) is 2. The van der Waals surface area contributed by atoms with E-state index in [1.165, 1.54) is 0 Å². The Morgan fingerprint density at radius 2 is 1.77 bits per heavy atom. The molecule has 2 unspecified atom stereocenters. The summed E-state index contributed by atoms with van der Waals surface area (Å²) in [6.45, 7) is 5.82. The number of hydrogen-bond acceptors (Lipinski definition) is 9. The van der Waals surface area contributed by atoms with Crippen LogP contribution in [0.5, 0.6) is 11.6 Å². The third-order valence-electron chi connectivity index (χ3n) is 8.60. The maximum Gasteiger partial charge on any atom is 0.225 e. The molecule has 3 saturated heterocycles. The maximum absolute atomic E-state index is 11.8. The van der Waals surface area contributed by atoms with Crippen LogP contribution in [0.1, 0.15) is 31.2 Å². The highest BCUT2D eigenvalue weighted by Gasteiger charge is 2.36. The summed E-state index contributed by atoms with van der Waals surface area (Å²) in [7, 11) is 1.69. The van der Waals surface area contributed by atoms with E-state index in [2.05, 4.69) is 30.0 Å². The number of benzene rings is 1. The monoisotopic (exact) mass is 625 g/mol. The first kappa shape index (κ1) is 30.0. The molecule has 1 amide bonds. The first-order valence-corrected chi connectivity index (χ1v) is 15.6. The van der Waals surface area contributed by atoms with Gasteiger partial charge in [-0.2, -0.15) is 0 Å². The van der Waals surface area contributed by atoms with Crippen molar-refractivity contribution in [2.75, 3.05) is 51.2 Å². The quantitative estimate of drug-likeness (QED) is 0.380. The van der Waals surface area contributed by atoms with E-state index in [4.69, 9.17) is 32.9 Å². The summed E-state index contributed by atoms with van der Waals surface area (Å²) in [6, 6.07) is 9.71. The number of piperazine rings is 1. The highest BCUT2D eigenvalue weighted by Crippen LogP contribution is 2.31. The largest absolute Gasteiger partial charge is 0.436 e. The first-order valence-electron chi connectivity index (χ1n) is 14.9. The van der Waals surface area contributed by atoms with Gasteiger partial charge in [-0.1, -0.05) is 23.2 Å². The second kappa shape index (κ2) is 13.3. The van der Waals surface area contributed by atoms with E-state index in [0.29, 0.717) is 51.7 Å². The number of nitrogens with zero attached hydrogens (tertiary/aromatic N) is 6. The van der Waals surface area contributed by atoms with Gasteiger partial charge in [0.05, 0.1) is 24.2 Å². The molecule has 1 aromatic carbocycles. The number of aliphatic hydroxyl groups excluding tert-OH is 1. The summed E-state index contributed by atoms with van der Waals surface area (Å²) >= 11 is 12.7. The topological polar surface area (TPSA) is 107 Å². The fourth-order valence-corrected chi connectivity index (χ4v) is 6.89. The Bertz CT molecular complexity index is 1420. The maximum atomic E-state index is 11.8. The van der Waals surface area contributed by atoms with Gasteiger partial charge in [-0.15, -0.1) is 0 Å². The number of carbonyl (C=O) groups is 1. The van der Waals surface area contributed by atoms with Crippen LogP contribution in [0.3, 0.4) is 0 Å². The Labute approximate surface area is 262 Å². The molecule has 2 aromatic heterocycles. The molecule has 6 rings (SSSR count). The van der Waals surface area contributed by atoms with Gasteiger partial charge in [-0.05, 0) is 68.1 Å². The van der Waals surface area contributed by atoms with Gasteiger partial charge < -0.3 is 20.1 Å². The molecule has 3 aromatic rings. The fourth-order valence-electron chi connectivity index (χ4n) is 6.37. The van der Waals surface area contributed by atoms with Gasteiger partial charge in [-0.3, -0.25) is 14.6 Å². The van der Waals surface area contributed by atoms with E-state index < -0.39 is 0 Å². The average molecular weight is 627 g/mol.